The number of aromatic amines is 4. The van der Waals surface area contributed by atoms with Crippen molar-refractivity contribution < 1.29 is 150 Å². The molecule has 12 aromatic rings. The summed E-state index contributed by atoms with van der Waals surface area (Å²) in [5.74, 6) is 0.342. The summed E-state index contributed by atoms with van der Waals surface area (Å²) in [7, 11) is 0. The molecular formula is C78H106N30O38. The van der Waals surface area contributed by atoms with Crippen LogP contribution in [0, 0.1) is 13.8 Å². The fourth-order valence-corrected chi connectivity index (χ4v) is 16.0. The van der Waals surface area contributed by atoms with Crippen molar-refractivity contribution in [3.63, 3.8) is 0 Å². The number of aromatic nitrogens is 24. The van der Waals surface area contributed by atoms with Gasteiger partial charge < -0.3 is 185 Å². The van der Waals surface area contributed by atoms with Gasteiger partial charge in [-0.2, -0.15) is 19.9 Å². The van der Waals surface area contributed by atoms with Gasteiger partial charge in [-0.1, -0.05) is 0 Å². The average molecular weight is 2070 g/mol. The SMILES string of the molecule is Cc1cn([C@H]2C[C@H](O)[C@@H](CO)O2)c(=O)[nH]c1=O.Cc1cn([C@H]2C[C@H](O)[C@@H](CO)O2)c(=O)[nH]c1=O.Nc1ccn([C@@H]2O[C@H](CO)[C@@H](O)[C@H]2O)c(=O)n1.Nc1ccn([C@@H]2O[C@H](CO)[C@@H](O)[C@H]2O)c(=O)n1.Nc1nc2c(ncn2[C@@H]2O[C@H](CO)[C@@H](O)[C@H]2O)c(=O)[nH]1.Nc1nc2c(ncn2[C@@H]2O[C@H](CO)[C@@H](O)[C@H]2O)c(=O)[nH]1.Nc1ncnc2c1ncn2[C@@H]1O[C@H](CO)[C@@H](O)[C@H]1O.Nc1ncnc2c1ncn2[C@@H]1O[C@H](CO)[C@@H](O)[C@H]1O. The van der Waals surface area contributed by atoms with Crippen molar-refractivity contribution in [2.45, 2.75) is 211 Å². The molecule has 0 saturated carbocycles. The lowest BCUT2D eigenvalue weighted by Gasteiger charge is -2.16. The van der Waals surface area contributed by atoms with Crippen LogP contribution in [0.3, 0.4) is 0 Å². The number of hydrogen-bond acceptors (Lipinski definition) is 56. The lowest BCUT2D eigenvalue weighted by Crippen LogP contribution is -2.36. The zero-order valence-corrected chi connectivity index (χ0v) is 76.1. The molecule has 0 unspecified atom stereocenters. The van der Waals surface area contributed by atoms with Gasteiger partial charge in [0.2, 0.25) is 11.9 Å². The molecule has 8 aliphatic rings. The highest BCUT2D eigenvalue weighted by molar-refractivity contribution is 5.82. The van der Waals surface area contributed by atoms with Crippen LogP contribution >= 0.6 is 0 Å². The number of aliphatic hydroxyl groups is 22. The summed E-state index contributed by atoms with van der Waals surface area (Å²) < 4.78 is 52.5. The van der Waals surface area contributed by atoms with Crippen molar-refractivity contribution in [3.8, 4) is 0 Å². The third-order valence-electron chi connectivity index (χ3n) is 23.8. The fraction of sp³-hybridized carbons (Fsp3) is 0.538. The second-order valence-corrected chi connectivity index (χ2v) is 33.4. The number of H-pyrrole nitrogens is 4. The summed E-state index contributed by atoms with van der Waals surface area (Å²) in [6.07, 6.45) is -17.0. The number of nitrogen functional groups attached to an aromatic ring is 6. The minimum absolute atomic E-state index is 0.0388. The van der Waals surface area contributed by atoms with Crippen LogP contribution in [0.5, 0.6) is 0 Å². The number of anilines is 6. The van der Waals surface area contributed by atoms with Gasteiger partial charge in [-0.05, 0) is 26.0 Å². The second kappa shape index (κ2) is 46.9. The number of ether oxygens (including phenoxy) is 8. The number of aliphatic hydroxyl groups excluding tert-OH is 22. The van der Waals surface area contributed by atoms with Crippen LogP contribution in [0.1, 0.15) is 73.8 Å². The molecular weight excluding hydrogens is 1970 g/mol. The molecule has 0 aromatic carbocycles. The van der Waals surface area contributed by atoms with E-state index in [0.717, 1.165) is 9.13 Å². The maximum absolute atomic E-state index is 11.7. The molecule has 0 spiro atoms. The smallest absolute Gasteiger partial charge is 0.351 e. The molecule has 0 amide bonds. The zero-order valence-electron chi connectivity index (χ0n) is 76.1. The largest absolute Gasteiger partial charge is 0.394 e. The second-order valence-electron chi connectivity index (χ2n) is 33.4. The van der Waals surface area contributed by atoms with Gasteiger partial charge in [0.1, 0.15) is 170 Å². The van der Waals surface area contributed by atoms with E-state index in [2.05, 4.69) is 79.7 Å². The van der Waals surface area contributed by atoms with Crippen LogP contribution in [0.15, 0.2) is 113 Å². The third kappa shape index (κ3) is 23.0. The van der Waals surface area contributed by atoms with Crippen molar-refractivity contribution >= 4 is 79.8 Å². The molecule has 68 heteroatoms. The molecule has 8 saturated heterocycles. The van der Waals surface area contributed by atoms with Crippen molar-refractivity contribution in [3.05, 3.63) is 169 Å². The summed E-state index contributed by atoms with van der Waals surface area (Å²) >= 11 is 0. The molecule has 8 aliphatic heterocycles. The van der Waals surface area contributed by atoms with Gasteiger partial charge in [0.15, 0.2) is 82.6 Å². The van der Waals surface area contributed by atoms with Gasteiger partial charge in [0.05, 0.1) is 90.4 Å². The van der Waals surface area contributed by atoms with E-state index in [0.29, 0.717) is 33.5 Å². The number of fused-ring (bicyclic) bond motifs is 4. The highest BCUT2D eigenvalue weighted by atomic mass is 16.6. The highest BCUT2D eigenvalue weighted by Gasteiger charge is 2.50. The zero-order chi connectivity index (χ0) is 106. The van der Waals surface area contributed by atoms with Gasteiger partial charge in [-0.15, -0.1) is 0 Å². The predicted molar refractivity (Wildman–Crippen MR) is 484 cm³/mol. The quantitative estimate of drug-likeness (QED) is 0.0427. The molecule has 38 N–H and O–H groups in total. The van der Waals surface area contributed by atoms with Crippen LogP contribution in [-0.2, 0) is 37.9 Å². The lowest BCUT2D eigenvalue weighted by atomic mass is 10.1. The Balaban J connectivity index is 0.000000140. The fourth-order valence-electron chi connectivity index (χ4n) is 16.0. The minimum Gasteiger partial charge on any atom is -0.394 e. The molecule has 0 aliphatic carbocycles. The molecule has 0 radical (unpaired) electrons. The Labute approximate surface area is 811 Å². The summed E-state index contributed by atoms with van der Waals surface area (Å²) in [6.45, 7) is -0.0550. The first-order valence-electron chi connectivity index (χ1n) is 43.7. The molecule has 8 fully saturated rings. The van der Waals surface area contributed by atoms with E-state index in [1.807, 2.05) is 0 Å². The number of nitrogens with one attached hydrogen (secondary N) is 4. The molecule has 20 heterocycles. The third-order valence-corrected chi connectivity index (χ3v) is 23.8. The van der Waals surface area contributed by atoms with Crippen LogP contribution in [0.4, 0.5) is 35.2 Å². The molecule has 30 atom stereocenters. The maximum Gasteiger partial charge on any atom is 0.351 e. The van der Waals surface area contributed by atoms with E-state index >= 15 is 0 Å². The van der Waals surface area contributed by atoms with Gasteiger partial charge in [0.25, 0.3) is 22.2 Å². The van der Waals surface area contributed by atoms with Gasteiger partial charge in [0, 0.05) is 48.8 Å². The number of imidazole rings is 4. The maximum atomic E-state index is 11.7. The first-order chi connectivity index (χ1) is 69.4. The Morgan fingerprint density at radius 2 is 0.562 bits per heavy atom. The molecule has 0 bridgehead atoms. The number of rotatable bonds is 16. The van der Waals surface area contributed by atoms with E-state index in [1.165, 1.54) is 102 Å². The van der Waals surface area contributed by atoms with Crippen LogP contribution in [0.25, 0.3) is 44.7 Å². The Kier molecular flexibility index (Phi) is 35.3. The Bertz CT molecular complexity index is 6590. The monoisotopic (exact) mass is 2070 g/mol. The van der Waals surface area contributed by atoms with E-state index in [1.54, 1.807) is 13.8 Å². The number of aryl methyl sites for hydroxylation is 2. The normalized spacial score (nSPS) is 30.7. The van der Waals surface area contributed by atoms with Gasteiger partial charge in [-0.3, -0.25) is 75.7 Å². The van der Waals surface area contributed by atoms with Crippen LogP contribution < -0.4 is 79.4 Å². The summed E-state index contributed by atoms with van der Waals surface area (Å²) in [5, 5.41) is 208. The standard InChI is InChI=1S/2C10H13N5O5.2C10H13N5O4.2C10H14N2O5.2C9H13N3O5/c2*11-10-13-7-4(8(19)14-10)12-2-15(7)9-6(18)5(17)3(1-16)20-9;2*11-8-5-9(13-2-12-8)15(3-14-5)10-7(18)6(17)4(1-16)19-10;2*1-5-3-12(10(16)11-9(5)15)8-2-6(14)7(4-13)17-8;2*10-5-1-2-12(9(16)11-5)8-7(15)6(14)4(3-13)17-8/h2*2-3,5-6,9,16-18H,1H2,(H3,11,13,14,19);2*2-4,6-7,10,16-18H,1H2,(H2,11,12,13);2*3,6-8,13-14H,2,4H2,1H3,(H,11,15,16);2*1-2,4,6-8,13-15H,3H2,(H2,10,11,16)/t2*3-,5-,6-,9-;2*4-,6-,7-,10-;2*6-,7+,8+;2*4-,6-,7-,8-/m11110011/s1. The molecule has 12 aromatic heterocycles. The van der Waals surface area contributed by atoms with Gasteiger partial charge >= 0.3 is 22.8 Å². The lowest BCUT2D eigenvalue weighted by molar-refractivity contribution is -0.0549. The topological polar surface area (TPSA) is 1070 Å². The van der Waals surface area contributed by atoms with Crippen molar-refractivity contribution in [2.24, 2.45) is 0 Å². The number of nitrogens with two attached hydrogens (primary N) is 6. The number of hydrogen-bond donors (Lipinski definition) is 32. The summed E-state index contributed by atoms with van der Waals surface area (Å²) in [6, 6.07) is 2.74. The Hall–Kier alpha value is -13.5. The first-order valence-corrected chi connectivity index (χ1v) is 43.7. The highest BCUT2D eigenvalue weighted by Crippen LogP contribution is 2.38. The van der Waals surface area contributed by atoms with Crippen molar-refractivity contribution in [1.82, 2.24) is 116 Å². The minimum atomic E-state index is -1.31. The van der Waals surface area contributed by atoms with Gasteiger partial charge in [-0.25, -0.2) is 59.0 Å². The van der Waals surface area contributed by atoms with Crippen molar-refractivity contribution in [2.75, 3.05) is 87.3 Å². The van der Waals surface area contributed by atoms with E-state index in [4.69, 9.17) is 113 Å². The molecule has 796 valence electrons. The van der Waals surface area contributed by atoms with Crippen LogP contribution in [-0.4, -0.2) is 416 Å². The van der Waals surface area contributed by atoms with E-state index < -0.39 is 269 Å². The Morgan fingerprint density at radius 3 is 0.815 bits per heavy atom. The predicted octanol–water partition coefficient (Wildman–Crippen LogP) is -17.5. The van der Waals surface area contributed by atoms with Crippen molar-refractivity contribution in [1.29, 1.82) is 0 Å². The van der Waals surface area contributed by atoms with E-state index in [9.17, 15) is 110 Å². The summed E-state index contributed by atoms with van der Waals surface area (Å²) in [4.78, 5) is 147. The first kappa shape index (κ1) is 110. The van der Waals surface area contributed by atoms with Crippen LogP contribution in [0.2, 0.25) is 0 Å². The molecule has 68 nitrogen and oxygen atoms in total. The summed E-state index contributed by atoms with van der Waals surface area (Å²) in [5.41, 5.74) is 31.1. The molecule has 146 heavy (non-hydrogen) atoms. The number of nitrogens with zero attached hydrogens (tertiary/aromatic N) is 20. The average Bonchev–Trinajstić information content (AvgIpc) is 1.61. The van der Waals surface area contributed by atoms with E-state index in [-0.39, 0.29) is 83.6 Å². The molecule has 20 rings (SSSR count). The Morgan fingerprint density at radius 1 is 0.301 bits per heavy atom.